The SMILES string of the molecule is CCNc1ncc(S(=O)(=O)NCCn2cccn2)cn1. The topological polar surface area (TPSA) is 102 Å². The maximum Gasteiger partial charge on any atom is 0.243 e. The summed E-state index contributed by atoms with van der Waals surface area (Å²) in [5, 5.41) is 6.89. The Hall–Kier alpha value is -2.00. The molecule has 0 aromatic carbocycles. The van der Waals surface area contributed by atoms with Crippen LogP contribution in [0.2, 0.25) is 0 Å². The minimum absolute atomic E-state index is 0.0413. The van der Waals surface area contributed by atoms with Gasteiger partial charge < -0.3 is 5.32 Å². The molecule has 20 heavy (non-hydrogen) atoms. The molecule has 0 saturated carbocycles. The summed E-state index contributed by atoms with van der Waals surface area (Å²) < 4.78 is 28.1. The van der Waals surface area contributed by atoms with Crippen LogP contribution in [-0.4, -0.2) is 41.3 Å². The van der Waals surface area contributed by atoms with E-state index in [0.29, 0.717) is 19.0 Å². The second-order valence-electron chi connectivity index (χ2n) is 3.94. The zero-order chi connectivity index (χ0) is 14.4. The molecule has 108 valence electrons. The fourth-order valence-electron chi connectivity index (χ4n) is 1.51. The molecule has 0 unspecified atom stereocenters. The first-order valence-electron chi connectivity index (χ1n) is 6.15. The average molecular weight is 296 g/mol. The molecule has 0 aliphatic heterocycles. The van der Waals surface area contributed by atoms with Gasteiger partial charge in [0.15, 0.2) is 0 Å². The number of sulfonamides is 1. The second kappa shape index (κ2) is 6.44. The van der Waals surface area contributed by atoms with E-state index >= 15 is 0 Å². The van der Waals surface area contributed by atoms with Crippen molar-refractivity contribution in [1.29, 1.82) is 0 Å². The van der Waals surface area contributed by atoms with E-state index < -0.39 is 10.0 Å². The summed E-state index contributed by atoms with van der Waals surface area (Å²) in [5.74, 6) is 0.406. The standard InChI is InChI=1S/C11H16N6O2S/c1-2-12-11-13-8-10(9-14-11)20(18,19)16-5-7-17-6-3-4-15-17/h3-4,6,8-9,16H,2,5,7H2,1H3,(H,12,13,14). The van der Waals surface area contributed by atoms with Crippen LogP contribution in [-0.2, 0) is 16.6 Å². The van der Waals surface area contributed by atoms with E-state index in [-0.39, 0.29) is 11.4 Å². The van der Waals surface area contributed by atoms with Crippen molar-refractivity contribution in [1.82, 2.24) is 24.5 Å². The fourth-order valence-corrected chi connectivity index (χ4v) is 2.42. The largest absolute Gasteiger partial charge is 0.355 e. The molecule has 2 N–H and O–H groups in total. The molecule has 0 bridgehead atoms. The number of hydrogen-bond acceptors (Lipinski definition) is 6. The van der Waals surface area contributed by atoms with Crippen LogP contribution in [0.4, 0.5) is 5.95 Å². The quantitative estimate of drug-likeness (QED) is 0.750. The van der Waals surface area contributed by atoms with Gasteiger partial charge in [-0.2, -0.15) is 5.10 Å². The smallest absolute Gasteiger partial charge is 0.243 e. The van der Waals surface area contributed by atoms with Gasteiger partial charge in [-0.05, 0) is 13.0 Å². The van der Waals surface area contributed by atoms with Gasteiger partial charge in [-0.25, -0.2) is 23.1 Å². The van der Waals surface area contributed by atoms with Gasteiger partial charge in [-0.1, -0.05) is 0 Å². The zero-order valence-electron chi connectivity index (χ0n) is 11.0. The van der Waals surface area contributed by atoms with Crippen molar-refractivity contribution in [2.45, 2.75) is 18.4 Å². The van der Waals surface area contributed by atoms with Crippen LogP contribution in [0.25, 0.3) is 0 Å². The Balaban J connectivity index is 1.95. The minimum Gasteiger partial charge on any atom is -0.355 e. The number of nitrogens with one attached hydrogen (secondary N) is 2. The first kappa shape index (κ1) is 14.4. The van der Waals surface area contributed by atoms with Crippen LogP contribution >= 0.6 is 0 Å². The highest BCUT2D eigenvalue weighted by Crippen LogP contribution is 2.06. The number of anilines is 1. The van der Waals surface area contributed by atoms with E-state index in [1.54, 1.807) is 23.1 Å². The molecule has 0 aliphatic carbocycles. The lowest BCUT2D eigenvalue weighted by Gasteiger charge is -2.07. The molecule has 0 saturated heterocycles. The molecule has 0 amide bonds. The molecule has 9 heteroatoms. The van der Waals surface area contributed by atoms with E-state index in [2.05, 4.69) is 25.1 Å². The van der Waals surface area contributed by atoms with E-state index in [1.807, 2.05) is 6.92 Å². The van der Waals surface area contributed by atoms with Gasteiger partial charge in [-0.15, -0.1) is 0 Å². The van der Waals surface area contributed by atoms with Gasteiger partial charge in [0.05, 0.1) is 18.9 Å². The van der Waals surface area contributed by atoms with Crippen LogP contribution < -0.4 is 10.0 Å². The monoisotopic (exact) mass is 296 g/mol. The Morgan fingerprint density at radius 2 is 2.05 bits per heavy atom. The maximum atomic E-state index is 12.0. The highest BCUT2D eigenvalue weighted by molar-refractivity contribution is 7.89. The Morgan fingerprint density at radius 1 is 1.30 bits per heavy atom. The third-order valence-electron chi connectivity index (χ3n) is 2.47. The predicted molar refractivity (Wildman–Crippen MR) is 73.6 cm³/mol. The Kier molecular flexibility index (Phi) is 4.64. The summed E-state index contributed by atoms with van der Waals surface area (Å²) in [4.78, 5) is 7.91. The minimum atomic E-state index is -3.59. The van der Waals surface area contributed by atoms with Crippen molar-refractivity contribution in [2.75, 3.05) is 18.4 Å². The molecule has 0 aliphatic rings. The molecule has 2 aromatic heterocycles. The van der Waals surface area contributed by atoms with Crippen LogP contribution in [0, 0.1) is 0 Å². The highest BCUT2D eigenvalue weighted by atomic mass is 32.2. The van der Waals surface area contributed by atoms with Crippen molar-refractivity contribution in [2.24, 2.45) is 0 Å². The first-order chi connectivity index (χ1) is 9.62. The van der Waals surface area contributed by atoms with Gasteiger partial charge in [-0.3, -0.25) is 4.68 Å². The van der Waals surface area contributed by atoms with Gasteiger partial charge in [0, 0.05) is 25.5 Å². The normalized spacial score (nSPS) is 11.4. The third-order valence-corrected chi connectivity index (χ3v) is 3.88. The number of rotatable bonds is 7. The molecule has 8 nitrogen and oxygen atoms in total. The molecule has 0 atom stereocenters. The van der Waals surface area contributed by atoms with Gasteiger partial charge in [0.25, 0.3) is 0 Å². The lowest BCUT2D eigenvalue weighted by molar-refractivity contribution is 0.560. The van der Waals surface area contributed by atoms with Crippen molar-refractivity contribution in [3.63, 3.8) is 0 Å². The van der Waals surface area contributed by atoms with Crippen molar-refractivity contribution >= 4 is 16.0 Å². The van der Waals surface area contributed by atoms with E-state index in [9.17, 15) is 8.42 Å². The van der Waals surface area contributed by atoms with E-state index in [4.69, 9.17) is 0 Å². The zero-order valence-corrected chi connectivity index (χ0v) is 11.8. The van der Waals surface area contributed by atoms with Gasteiger partial charge in [0.2, 0.25) is 16.0 Å². The summed E-state index contributed by atoms with van der Waals surface area (Å²) in [6, 6.07) is 1.78. The third kappa shape index (κ3) is 3.75. The first-order valence-corrected chi connectivity index (χ1v) is 7.63. The van der Waals surface area contributed by atoms with Crippen molar-refractivity contribution < 1.29 is 8.42 Å². The lowest BCUT2D eigenvalue weighted by Crippen LogP contribution is -2.27. The molecule has 0 fully saturated rings. The van der Waals surface area contributed by atoms with Crippen molar-refractivity contribution in [3.05, 3.63) is 30.9 Å². The molecular weight excluding hydrogens is 280 g/mol. The Labute approximate surface area is 117 Å². The molecule has 2 aromatic rings. The molecule has 2 rings (SSSR count). The molecule has 2 heterocycles. The Bertz CT molecular complexity index is 623. The van der Waals surface area contributed by atoms with Crippen LogP contribution in [0.3, 0.4) is 0 Å². The van der Waals surface area contributed by atoms with Crippen LogP contribution in [0.15, 0.2) is 35.7 Å². The second-order valence-corrected chi connectivity index (χ2v) is 5.71. The maximum absolute atomic E-state index is 12.0. The molecule has 0 spiro atoms. The summed E-state index contributed by atoms with van der Waals surface area (Å²) in [6.07, 6.45) is 5.97. The van der Waals surface area contributed by atoms with E-state index in [1.165, 1.54) is 12.4 Å². The summed E-state index contributed by atoms with van der Waals surface area (Å²) in [7, 11) is -3.59. The molecular formula is C11H16N6O2S. The van der Waals surface area contributed by atoms with Crippen LogP contribution in [0.1, 0.15) is 6.92 Å². The van der Waals surface area contributed by atoms with Gasteiger partial charge in [0.1, 0.15) is 4.90 Å². The van der Waals surface area contributed by atoms with Crippen LogP contribution in [0.5, 0.6) is 0 Å². The number of nitrogens with zero attached hydrogens (tertiary/aromatic N) is 4. The lowest BCUT2D eigenvalue weighted by atomic mass is 10.6. The summed E-state index contributed by atoms with van der Waals surface area (Å²) >= 11 is 0. The Morgan fingerprint density at radius 3 is 2.65 bits per heavy atom. The summed E-state index contributed by atoms with van der Waals surface area (Å²) in [5.41, 5.74) is 0. The number of hydrogen-bond donors (Lipinski definition) is 2. The average Bonchev–Trinajstić information content (AvgIpc) is 2.93. The summed E-state index contributed by atoms with van der Waals surface area (Å²) in [6.45, 7) is 3.29. The number of aromatic nitrogens is 4. The van der Waals surface area contributed by atoms with E-state index in [0.717, 1.165) is 0 Å². The van der Waals surface area contributed by atoms with Crippen molar-refractivity contribution in [3.8, 4) is 0 Å². The highest BCUT2D eigenvalue weighted by Gasteiger charge is 2.14. The molecule has 0 radical (unpaired) electrons. The fraction of sp³-hybridized carbons (Fsp3) is 0.364. The van der Waals surface area contributed by atoms with Gasteiger partial charge >= 0.3 is 0 Å². The predicted octanol–water partition coefficient (Wildman–Crippen LogP) is 0.0834.